The Labute approximate surface area is 217 Å². The number of ether oxygens (including phenoxy) is 2. The van der Waals surface area contributed by atoms with Gasteiger partial charge in [-0.1, -0.05) is 12.1 Å². The number of anilines is 1. The second-order valence-electron chi connectivity index (χ2n) is 8.46. The molecule has 37 heavy (non-hydrogen) atoms. The van der Waals surface area contributed by atoms with E-state index in [0.29, 0.717) is 33.5 Å². The van der Waals surface area contributed by atoms with Crippen LogP contribution < -0.4 is 19.7 Å². The van der Waals surface area contributed by atoms with E-state index in [0.717, 1.165) is 49.1 Å². The Morgan fingerprint density at radius 2 is 1.95 bits per heavy atom. The fourth-order valence-corrected chi connectivity index (χ4v) is 4.67. The topological polar surface area (TPSA) is 130 Å². The van der Waals surface area contributed by atoms with E-state index in [-0.39, 0.29) is 11.3 Å². The third-order valence-electron chi connectivity index (χ3n) is 5.93. The first-order chi connectivity index (χ1) is 18.0. The van der Waals surface area contributed by atoms with E-state index in [1.165, 1.54) is 6.33 Å². The molecule has 186 valence electrons. The van der Waals surface area contributed by atoms with Gasteiger partial charge in [0.25, 0.3) is 11.1 Å². The summed E-state index contributed by atoms with van der Waals surface area (Å²) in [5.41, 5.74) is 1.94. The lowest BCUT2D eigenvalue weighted by atomic mass is 10.1. The van der Waals surface area contributed by atoms with Crippen molar-refractivity contribution >= 4 is 34.8 Å². The van der Waals surface area contributed by atoms with Crippen LogP contribution in [-0.2, 0) is 4.79 Å². The zero-order valence-electron chi connectivity index (χ0n) is 19.9. The molecule has 0 aliphatic carbocycles. The van der Waals surface area contributed by atoms with Crippen LogP contribution in [-0.4, -0.2) is 45.3 Å². The van der Waals surface area contributed by atoms with Gasteiger partial charge in [-0.2, -0.15) is 5.26 Å². The van der Waals surface area contributed by atoms with Crippen LogP contribution in [0, 0.1) is 18.3 Å². The molecule has 2 aliphatic rings. The number of carbonyl (C=O) groups excluding carboxylic acids is 2. The number of benzene rings is 1. The van der Waals surface area contributed by atoms with Crippen molar-refractivity contribution < 1.29 is 19.1 Å². The van der Waals surface area contributed by atoms with Crippen LogP contribution in [0.1, 0.15) is 29.5 Å². The number of nitriles is 1. The lowest BCUT2D eigenvalue weighted by Crippen LogP contribution is -2.38. The molecule has 1 N–H and O–H groups in total. The van der Waals surface area contributed by atoms with Gasteiger partial charge in [-0.3, -0.25) is 14.9 Å². The highest BCUT2D eigenvalue weighted by atomic mass is 32.2. The lowest BCUT2D eigenvalue weighted by molar-refractivity contribution is -0.115. The molecule has 1 aromatic carbocycles. The predicted molar refractivity (Wildman–Crippen MR) is 137 cm³/mol. The maximum absolute atomic E-state index is 11.8. The molecule has 0 spiro atoms. The molecular weight excluding hydrogens is 492 g/mol. The molecule has 2 saturated heterocycles. The van der Waals surface area contributed by atoms with E-state index >= 15 is 0 Å². The number of nitrogens with zero attached hydrogens (tertiary/aromatic N) is 5. The molecule has 10 nitrogen and oxygen atoms in total. The third kappa shape index (κ3) is 5.70. The maximum atomic E-state index is 11.8. The molecule has 0 saturated carbocycles. The Bertz CT molecular complexity index is 1410. The highest BCUT2D eigenvalue weighted by molar-refractivity contribution is 8.18. The number of imide groups is 1. The van der Waals surface area contributed by atoms with Crippen molar-refractivity contribution in [3.05, 3.63) is 70.5 Å². The van der Waals surface area contributed by atoms with E-state index < -0.39 is 5.91 Å². The Kier molecular flexibility index (Phi) is 7.00. The number of aromatic nitrogens is 3. The Hall–Kier alpha value is -4.43. The van der Waals surface area contributed by atoms with Gasteiger partial charge in [0.05, 0.1) is 16.0 Å². The van der Waals surface area contributed by atoms with Crippen molar-refractivity contribution in [1.29, 1.82) is 5.26 Å². The van der Waals surface area contributed by atoms with Crippen LogP contribution in [0.3, 0.4) is 0 Å². The SMILES string of the molecule is Cc1c(Oc2cccc(C=C3SC(=O)NC3=O)c2)ncnc1OC1CCN(c2ccc(C#N)cn2)CC1. The number of piperidine rings is 1. The van der Waals surface area contributed by atoms with Crippen LogP contribution >= 0.6 is 11.8 Å². The molecule has 11 heteroatoms. The van der Waals surface area contributed by atoms with Crippen LogP contribution in [0.4, 0.5) is 10.6 Å². The number of carbonyl (C=O) groups is 2. The quantitative estimate of drug-likeness (QED) is 0.477. The first-order valence-corrected chi connectivity index (χ1v) is 12.4. The van der Waals surface area contributed by atoms with Crippen molar-refractivity contribution in [3.8, 4) is 23.6 Å². The number of rotatable bonds is 6. The lowest BCUT2D eigenvalue weighted by Gasteiger charge is -2.32. The largest absolute Gasteiger partial charge is 0.474 e. The van der Waals surface area contributed by atoms with Gasteiger partial charge in [0.1, 0.15) is 30.1 Å². The molecule has 0 atom stereocenters. The molecule has 3 aromatic rings. The Morgan fingerprint density at radius 3 is 2.65 bits per heavy atom. The summed E-state index contributed by atoms with van der Waals surface area (Å²) in [6.45, 7) is 3.40. The normalized spacial score (nSPS) is 17.0. The molecule has 5 rings (SSSR count). The van der Waals surface area contributed by atoms with E-state index in [4.69, 9.17) is 14.7 Å². The molecule has 2 aliphatic heterocycles. The van der Waals surface area contributed by atoms with E-state index in [9.17, 15) is 9.59 Å². The van der Waals surface area contributed by atoms with E-state index in [2.05, 4.69) is 31.2 Å². The van der Waals surface area contributed by atoms with Crippen LogP contribution in [0.25, 0.3) is 6.08 Å². The minimum atomic E-state index is -0.409. The van der Waals surface area contributed by atoms with Crippen LogP contribution in [0.2, 0.25) is 0 Å². The van der Waals surface area contributed by atoms with Crippen molar-refractivity contribution in [2.45, 2.75) is 25.9 Å². The van der Waals surface area contributed by atoms with Gasteiger partial charge in [0, 0.05) is 32.1 Å². The molecule has 0 radical (unpaired) electrons. The molecule has 2 aromatic heterocycles. The number of hydrogen-bond donors (Lipinski definition) is 1. The summed E-state index contributed by atoms with van der Waals surface area (Å²) in [7, 11) is 0. The number of amides is 2. The summed E-state index contributed by atoms with van der Waals surface area (Å²) in [6, 6.07) is 12.9. The average Bonchev–Trinajstić information content (AvgIpc) is 3.23. The van der Waals surface area contributed by atoms with E-state index in [1.54, 1.807) is 36.5 Å². The fraction of sp³-hybridized carbons (Fsp3) is 0.231. The summed E-state index contributed by atoms with van der Waals surface area (Å²) in [5, 5.41) is 10.8. The summed E-state index contributed by atoms with van der Waals surface area (Å²) in [5.74, 6) is 1.81. The van der Waals surface area contributed by atoms with Gasteiger partial charge in [0.15, 0.2) is 0 Å². The predicted octanol–water partition coefficient (Wildman–Crippen LogP) is 4.22. The zero-order valence-corrected chi connectivity index (χ0v) is 20.7. The highest BCUT2D eigenvalue weighted by Gasteiger charge is 2.25. The van der Waals surface area contributed by atoms with Crippen molar-refractivity contribution in [2.24, 2.45) is 0 Å². The molecule has 0 unspecified atom stereocenters. The number of thioether (sulfide) groups is 1. The highest BCUT2D eigenvalue weighted by Crippen LogP contribution is 2.31. The first kappa shape index (κ1) is 24.3. The molecular formula is C26H22N6O4S. The summed E-state index contributed by atoms with van der Waals surface area (Å²) < 4.78 is 12.2. The zero-order chi connectivity index (χ0) is 25.8. The number of hydrogen-bond acceptors (Lipinski definition) is 10. The number of nitrogens with one attached hydrogen (secondary N) is 1. The first-order valence-electron chi connectivity index (χ1n) is 11.6. The minimum absolute atomic E-state index is 0.0104. The van der Waals surface area contributed by atoms with Crippen molar-refractivity contribution in [3.63, 3.8) is 0 Å². The second kappa shape index (κ2) is 10.7. The van der Waals surface area contributed by atoms with E-state index in [1.807, 2.05) is 19.1 Å². The van der Waals surface area contributed by atoms with Gasteiger partial charge in [-0.15, -0.1) is 0 Å². The Balaban J connectivity index is 1.22. The van der Waals surface area contributed by atoms with Gasteiger partial charge in [0.2, 0.25) is 11.8 Å². The number of pyridine rings is 1. The molecule has 2 fully saturated rings. The van der Waals surface area contributed by atoms with Gasteiger partial charge in [-0.05, 0) is 54.6 Å². The monoisotopic (exact) mass is 514 g/mol. The van der Waals surface area contributed by atoms with Gasteiger partial charge >= 0.3 is 0 Å². The molecule has 0 bridgehead atoms. The van der Waals surface area contributed by atoms with Gasteiger partial charge in [-0.25, -0.2) is 15.0 Å². The van der Waals surface area contributed by atoms with Crippen molar-refractivity contribution in [2.75, 3.05) is 18.0 Å². The third-order valence-corrected chi connectivity index (χ3v) is 6.74. The smallest absolute Gasteiger partial charge is 0.290 e. The minimum Gasteiger partial charge on any atom is -0.474 e. The average molecular weight is 515 g/mol. The standard InChI is InChI=1S/C26H22N6O4S/c1-16-24(35-19-7-9-32(10-8-19)22-6-5-18(13-27)14-28-22)29-15-30-25(16)36-20-4-2-3-17(11-20)12-21-23(33)31-26(34)37-21/h2-6,11-12,14-15,19H,7-10H2,1H3,(H,31,33,34). The van der Waals surface area contributed by atoms with Crippen LogP contribution in [0.15, 0.2) is 53.8 Å². The summed E-state index contributed by atoms with van der Waals surface area (Å²) in [4.78, 5) is 38.7. The van der Waals surface area contributed by atoms with Crippen molar-refractivity contribution in [1.82, 2.24) is 20.3 Å². The maximum Gasteiger partial charge on any atom is 0.290 e. The van der Waals surface area contributed by atoms with Gasteiger partial charge < -0.3 is 14.4 Å². The second-order valence-corrected chi connectivity index (χ2v) is 9.47. The summed E-state index contributed by atoms with van der Waals surface area (Å²) >= 11 is 0.865. The molecule has 2 amide bonds. The fourth-order valence-electron chi connectivity index (χ4n) is 3.99. The van der Waals surface area contributed by atoms with Crippen LogP contribution in [0.5, 0.6) is 17.5 Å². The Morgan fingerprint density at radius 1 is 1.14 bits per heavy atom. The molecule has 4 heterocycles. The summed E-state index contributed by atoms with van der Waals surface area (Å²) in [6.07, 6.45) is 6.22.